The van der Waals surface area contributed by atoms with E-state index in [4.69, 9.17) is 4.42 Å². The van der Waals surface area contributed by atoms with E-state index >= 15 is 0 Å². The van der Waals surface area contributed by atoms with Crippen LogP contribution in [0.2, 0.25) is 0 Å². The molecular formula is C21H29ClN2O2. The Morgan fingerprint density at radius 2 is 1.96 bits per heavy atom. The number of aryl methyl sites for hydroxylation is 2. The van der Waals surface area contributed by atoms with Gasteiger partial charge in [0.15, 0.2) is 5.76 Å². The predicted molar refractivity (Wildman–Crippen MR) is 107 cm³/mol. The summed E-state index contributed by atoms with van der Waals surface area (Å²) >= 11 is 0. The van der Waals surface area contributed by atoms with E-state index in [2.05, 4.69) is 49.9 Å². The van der Waals surface area contributed by atoms with Gasteiger partial charge in [-0.3, -0.25) is 9.69 Å². The number of amides is 1. The summed E-state index contributed by atoms with van der Waals surface area (Å²) < 4.78 is 5.28. The number of benzene rings is 1. The van der Waals surface area contributed by atoms with E-state index in [0.717, 1.165) is 32.5 Å². The summed E-state index contributed by atoms with van der Waals surface area (Å²) in [4.78, 5) is 17.0. The fourth-order valence-electron chi connectivity index (χ4n) is 3.69. The fourth-order valence-corrected chi connectivity index (χ4v) is 3.69. The van der Waals surface area contributed by atoms with Crippen molar-refractivity contribution in [2.24, 2.45) is 0 Å². The predicted octanol–water partition coefficient (Wildman–Crippen LogP) is 4.18. The number of rotatable bonds is 5. The lowest BCUT2D eigenvalue weighted by Crippen LogP contribution is -2.58. The molecule has 1 saturated heterocycles. The highest BCUT2D eigenvalue weighted by Gasteiger charge is 2.32. The van der Waals surface area contributed by atoms with Crippen molar-refractivity contribution >= 4 is 18.3 Å². The number of hydrogen-bond donors (Lipinski definition) is 0. The molecule has 4 nitrogen and oxygen atoms in total. The topological polar surface area (TPSA) is 36.7 Å². The smallest absolute Gasteiger partial charge is 0.289 e. The van der Waals surface area contributed by atoms with Gasteiger partial charge in [0.05, 0.1) is 6.26 Å². The summed E-state index contributed by atoms with van der Waals surface area (Å²) in [6.45, 7) is 9.22. The average molecular weight is 377 g/mol. The van der Waals surface area contributed by atoms with Crippen molar-refractivity contribution < 1.29 is 9.21 Å². The Kier molecular flexibility index (Phi) is 7.30. The maximum atomic E-state index is 12.6. The maximum absolute atomic E-state index is 12.6. The Hall–Kier alpha value is -1.78. The third-order valence-corrected chi connectivity index (χ3v) is 5.10. The molecule has 0 N–H and O–H groups in total. The lowest BCUT2D eigenvalue weighted by Gasteiger charge is -2.44. The Bertz CT molecular complexity index is 702. The van der Waals surface area contributed by atoms with Gasteiger partial charge in [-0.25, -0.2) is 0 Å². The lowest BCUT2D eigenvalue weighted by molar-refractivity contribution is 0.0290. The molecule has 0 aliphatic carbocycles. The van der Waals surface area contributed by atoms with Crippen LogP contribution in [-0.4, -0.2) is 47.4 Å². The molecule has 26 heavy (non-hydrogen) atoms. The molecule has 2 atom stereocenters. The van der Waals surface area contributed by atoms with Gasteiger partial charge in [-0.05, 0) is 57.9 Å². The van der Waals surface area contributed by atoms with Crippen LogP contribution in [0, 0.1) is 6.92 Å². The second-order valence-electron chi connectivity index (χ2n) is 7.22. The molecule has 0 saturated carbocycles. The van der Waals surface area contributed by atoms with Crippen LogP contribution in [0.4, 0.5) is 0 Å². The second kappa shape index (κ2) is 9.24. The summed E-state index contributed by atoms with van der Waals surface area (Å²) in [6.07, 6.45) is 3.81. The monoisotopic (exact) mass is 376 g/mol. The molecule has 0 unspecified atom stereocenters. The summed E-state index contributed by atoms with van der Waals surface area (Å²) in [5.74, 6) is 0.440. The molecule has 1 aliphatic rings. The first-order valence-electron chi connectivity index (χ1n) is 9.18. The first-order chi connectivity index (χ1) is 12.0. The van der Waals surface area contributed by atoms with Crippen molar-refractivity contribution in [3.05, 3.63) is 59.5 Å². The van der Waals surface area contributed by atoms with Crippen LogP contribution in [0.3, 0.4) is 0 Å². The zero-order valence-corrected chi connectivity index (χ0v) is 16.7. The van der Waals surface area contributed by atoms with Crippen molar-refractivity contribution in [2.45, 2.75) is 45.7 Å². The van der Waals surface area contributed by atoms with Gasteiger partial charge in [-0.15, -0.1) is 12.4 Å². The average Bonchev–Trinajstić information content (AvgIpc) is 3.11. The van der Waals surface area contributed by atoms with E-state index in [9.17, 15) is 4.79 Å². The van der Waals surface area contributed by atoms with E-state index in [1.807, 2.05) is 4.90 Å². The van der Waals surface area contributed by atoms with Gasteiger partial charge in [0.2, 0.25) is 0 Å². The Balaban J connectivity index is 0.00000243. The zero-order chi connectivity index (χ0) is 17.8. The summed E-state index contributed by atoms with van der Waals surface area (Å²) in [7, 11) is 0. The van der Waals surface area contributed by atoms with E-state index in [1.165, 1.54) is 11.1 Å². The summed E-state index contributed by atoms with van der Waals surface area (Å²) in [5, 5.41) is 0. The number of nitrogens with zero attached hydrogens (tertiary/aromatic N) is 2. The molecule has 1 amide bonds. The number of piperazine rings is 1. The van der Waals surface area contributed by atoms with Gasteiger partial charge in [-0.2, -0.15) is 0 Å². The van der Waals surface area contributed by atoms with Crippen LogP contribution in [0.25, 0.3) is 0 Å². The van der Waals surface area contributed by atoms with E-state index in [-0.39, 0.29) is 24.4 Å². The quantitative estimate of drug-likeness (QED) is 0.785. The van der Waals surface area contributed by atoms with Crippen LogP contribution in [0.1, 0.15) is 41.9 Å². The van der Waals surface area contributed by atoms with Gasteiger partial charge in [0.25, 0.3) is 5.91 Å². The Morgan fingerprint density at radius 1 is 1.15 bits per heavy atom. The number of furan rings is 1. The van der Waals surface area contributed by atoms with Gasteiger partial charge < -0.3 is 9.32 Å². The minimum atomic E-state index is 0. The fraction of sp³-hybridized carbons (Fsp3) is 0.476. The molecule has 2 aromatic rings. The normalized spacial score (nSPS) is 20.7. The van der Waals surface area contributed by atoms with Gasteiger partial charge in [0, 0.05) is 25.2 Å². The molecule has 0 bridgehead atoms. The maximum Gasteiger partial charge on any atom is 0.289 e. The first kappa shape index (κ1) is 20.5. The molecule has 1 fully saturated rings. The molecule has 1 aliphatic heterocycles. The van der Waals surface area contributed by atoms with Crippen molar-refractivity contribution in [1.82, 2.24) is 9.80 Å². The minimum absolute atomic E-state index is 0. The Morgan fingerprint density at radius 3 is 2.65 bits per heavy atom. The Labute approximate surface area is 162 Å². The van der Waals surface area contributed by atoms with Crippen LogP contribution in [0.15, 0.2) is 47.1 Å². The molecule has 1 aromatic heterocycles. The van der Waals surface area contributed by atoms with E-state index in [0.29, 0.717) is 11.8 Å². The molecule has 3 rings (SSSR count). The third kappa shape index (κ3) is 4.89. The van der Waals surface area contributed by atoms with Crippen LogP contribution >= 0.6 is 12.4 Å². The van der Waals surface area contributed by atoms with Crippen LogP contribution in [0.5, 0.6) is 0 Å². The van der Waals surface area contributed by atoms with Gasteiger partial charge in [-0.1, -0.05) is 29.8 Å². The molecule has 5 heteroatoms. The van der Waals surface area contributed by atoms with Crippen molar-refractivity contribution in [1.29, 1.82) is 0 Å². The number of carbonyl (C=O) groups excluding carboxylic acids is 1. The SMILES string of the molecule is Cc1cccc(CCCN2C[C@@H](C)N(C(=O)c3ccco3)C[C@@H]2C)c1.Cl. The highest BCUT2D eigenvalue weighted by molar-refractivity contribution is 5.91. The summed E-state index contributed by atoms with van der Waals surface area (Å²) in [6, 6.07) is 12.8. The third-order valence-electron chi connectivity index (χ3n) is 5.10. The highest BCUT2D eigenvalue weighted by atomic mass is 35.5. The number of hydrogen-bond acceptors (Lipinski definition) is 3. The first-order valence-corrected chi connectivity index (χ1v) is 9.18. The zero-order valence-electron chi connectivity index (χ0n) is 15.9. The molecule has 0 spiro atoms. The summed E-state index contributed by atoms with van der Waals surface area (Å²) in [5.41, 5.74) is 2.73. The standard InChI is InChI=1S/C21H28N2O2.ClH/c1-16-7-4-8-19(13-16)9-5-11-22-14-18(3)23(15-17(22)2)21(24)20-10-6-12-25-20;/h4,6-8,10,12-13,17-18H,5,9,11,14-15H2,1-3H3;1H/t17-,18+;/m0./s1. The molecule has 0 radical (unpaired) electrons. The van der Waals surface area contributed by atoms with E-state index in [1.54, 1.807) is 18.4 Å². The highest BCUT2D eigenvalue weighted by Crippen LogP contribution is 2.19. The van der Waals surface area contributed by atoms with E-state index < -0.39 is 0 Å². The minimum Gasteiger partial charge on any atom is -0.459 e. The van der Waals surface area contributed by atoms with Crippen molar-refractivity contribution in [3.8, 4) is 0 Å². The van der Waals surface area contributed by atoms with Crippen LogP contribution < -0.4 is 0 Å². The van der Waals surface area contributed by atoms with Crippen molar-refractivity contribution in [3.63, 3.8) is 0 Å². The largest absolute Gasteiger partial charge is 0.459 e. The molecule has 142 valence electrons. The lowest BCUT2D eigenvalue weighted by atomic mass is 10.0. The molecule has 1 aromatic carbocycles. The molecular weight excluding hydrogens is 348 g/mol. The van der Waals surface area contributed by atoms with Gasteiger partial charge in [0.1, 0.15) is 0 Å². The second-order valence-corrected chi connectivity index (χ2v) is 7.22. The van der Waals surface area contributed by atoms with Crippen molar-refractivity contribution in [2.75, 3.05) is 19.6 Å². The number of carbonyl (C=O) groups is 1. The number of halogens is 1. The molecule has 2 heterocycles. The van der Waals surface area contributed by atoms with Crippen LogP contribution in [-0.2, 0) is 6.42 Å². The van der Waals surface area contributed by atoms with Gasteiger partial charge >= 0.3 is 0 Å².